The molecule has 1 amide bonds. The third-order valence-electron chi connectivity index (χ3n) is 3.57. The Morgan fingerprint density at radius 1 is 1.26 bits per heavy atom. The number of nitrogens with one attached hydrogen (secondary N) is 1. The van der Waals surface area contributed by atoms with Crippen LogP contribution >= 0.6 is 0 Å². The lowest BCUT2D eigenvalue weighted by atomic mass is 10.0. The highest BCUT2D eigenvalue weighted by molar-refractivity contribution is 5.69. The first-order chi connectivity index (χ1) is 8.51. The Bertz CT molecular complexity index is 315. The Balaban J connectivity index is 2.26. The van der Waals surface area contributed by atoms with E-state index >= 15 is 0 Å². The summed E-state index contributed by atoms with van der Waals surface area (Å²) in [4.78, 5) is 15.7. The molecule has 1 heterocycles. The van der Waals surface area contributed by atoms with Gasteiger partial charge >= 0.3 is 6.09 Å². The van der Waals surface area contributed by atoms with E-state index in [2.05, 4.69) is 38.2 Å². The number of nitrogens with zero attached hydrogens (tertiary/aromatic N) is 2. The minimum Gasteiger partial charge on any atom is -0.444 e. The first-order valence-corrected chi connectivity index (χ1v) is 6.90. The van der Waals surface area contributed by atoms with Gasteiger partial charge in [-0.25, -0.2) is 4.79 Å². The van der Waals surface area contributed by atoms with Crippen molar-refractivity contribution >= 4 is 6.09 Å². The number of carbonyl (C=O) groups excluding carboxylic acids is 1. The second-order valence-corrected chi connectivity index (χ2v) is 7.17. The molecular weight excluding hydrogens is 242 g/mol. The van der Waals surface area contributed by atoms with E-state index in [1.165, 1.54) is 0 Å². The van der Waals surface area contributed by atoms with Crippen molar-refractivity contribution in [2.45, 2.75) is 51.8 Å². The van der Waals surface area contributed by atoms with Crippen LogP contribution < -0.4 is 5.32 Å². The summed E-state index contributed by atoms with van der Waals surface area (Å²) >= 11 is 0. The maximum atomic E-state index is 11.8. The average Bonchev–Trinajstić information content (AvgIpc) is 2.11. The zero-order valence-electron chi connectivity index (χ0n) is 13.4. The van der Waals surface area contributed by atoms with Crippen LogP contribution in [0.5, 0.6) is 0 Å². The zero-order chi connectivity index (χ0) is 14.8. The molecule has 0 spiro atoms. The summed E-state index contributed by atoms with van der Waals surface area (Å²) < 4.78 is 5.32. The van der Waals surface area contributed by atoms with E-state index in [4.69, 9.17) is 4.74 Å². The second-order valence-electron chi connectivity index (χ2n) is 7.17. The van der Waals surface area contributed by atoms with Crippen molar-refractivity contribution in [2.24, 2.45) is 0 Å². The smallest absolute Gasteiger partial charge is 0.410 e. The Morgan fingerprint density at radius 2 is 1.79 bits per heavy atom. The van der Waals surface area contributed by atoms with Crippen LogP contribution in [0, 0.1) is 0 Å². The summed E-state index contributed by atoms with van der Waals surface area (Å²) in [5.74, 6) is 0. The lowest BCUT2D eigenvalue weighted by Gasteiger charge is -2.42. The highest BCUT2D eigenvalue weighted by Gasteiger charge is 2.34. The van der Waals surface area contributed by atoms with Crippen LogP contribution in [0.2, 0.25) is 0 Å². The Kier molecular flexibility index (Phi) is 4.85. The van der Waals surface area contributed by atoms with Gasteiger partial charge in [0.25, 0.3) is 0 Å². The highest BCUT2D eigenvalue weighted by atomic mass is 16.6. The summed E-state index contributed by atoms with van der Waals surface area (Å²) in [5, 5.41) is 3.50. The van der Waals surface area contributed by atoms with E-state index in [0.29, 0.717) is 6.04 Å². The zero-order valence-corrected chi connectivity index (χ0v) is 13.4. The quantitative estimate of drug-likeness (QED) is 0.842. The number of rotatable bonds is 4. The van der Waals surface area contributed by atoms with E-state index in [9.17, 15) is 4.79 Å². The van der Waals surface area contributed by atoms with Crippen LogP contribution in [-0.4, -0.2) is 66.8 Å². The number of likely N-dealkylation sites (tertiary alicyclic amines) is 1. The van der Waals surface area contributed by atoms with Crippen LogP contribution in [0.3, 0.4) is 0 Å². The van der Waals surface area contributed by atoms with Crippen LogP contribution in [0.4, 0.5) is 4.79 Å². The fraction of sp³-hybridized carbons (Fsp3) is 0.929. The fourth-order valence-corrected chi connectivity index (χ4v) is 1.64. The molecule has 0 saturated carbocycles. The molecule has 1 rings (SSSR count). The maximum Gasteiger partial charge on any atom is 0.410 e. The van der Waals surface area contributed by atoms with Gasteiger partial charge in [-0.2, -0.15) is 0 Å². The number of amides is 1. The van der Waals surface area contributed by atoms with Crippen molar-refractivity contribution < 1.29 is 9.53 Å². The van der Waals surface area contributed by atoms with E-state index in [1.54, 1.807) is 4.90 Å². The van der Waals surface area contributed by atoms with E-state index in [0.717, 1.165) is 19.6 Å². The van der Waals surface area contributed by atoms with Crippen molar-refractivity contribution in [3.63, 3.8) is 0 Å². The van der Waals surface area contributed by atoms with Gasteiger partial charge in [0.2, 0.25) is 0 Å². The maximum absolute atomic E-state index is 11.8. The van der Waals surface area contributed by atoms with E-state index in [-0.39, 0.29) is 11.6 Å². The third-order valence-corrected chi connectivity index (χ3v) is 3.57. The molecule has 1 aliphatic rings. The lowest BCUT2D eigenvalue weighted by molar-refractivity contribution is 0.00413. The summed E-state index contributed by atoms with van der Waals surface area (Å²) in [5.41, 5.74) is -0.297. The van der Waals surface area contributed by atoms with Crippen LogP contribution in [0.1, 0.15) is 34.6 Å². The Labute approximate surface area is 117 Å². The van der Waals surface area contributed by atoms with Gasteiger partial charge in [0, 0.05) is 31.2 Å². The van der Waals surface area contributed by atoms with E-state index in [1.807, 2.05) is 20.8 Å². The topological polar surface area (TPSA) is 44.8 Å². The number of likely N-dealkylation sites (N-methyl/N-ethyl adjacent to an activating group) is 1. The van der Waals surface area contributed by atoms with Crippen molar-refractivity contribution in [3.05, 3.63) is 0 Å². The summed E-state index contributed by atoms with van der Waals surface area (Å²) in [6.07, 6.45) is -0.211. The minimum absolute atomic E-state index is 0.117. The number of carbonyl (C=O) groups is 1. The second kappa shape index (κ2) is 5.67. The molecule has 0 bridgehead atoms. The molecule has 112 valence electrons. The third kappa shape index (κ3) is 4.99. The van der Waals surface area contributed by atoms with Gasteiger partial charge in [0.05, 0.1) is 0 Å². The summed E-state index contributed by atoms with van der Waals surface area (Å²) in [7, 11) is 4.16. The molecule has 0 aromatic carbocycles. The van der Waals surface area contributed by atoms with Gasteiger partial charge in [0.1, 0.15) is 5.60 Å². The van der Waals surface area contributed by atoms with E-state index < -0.39 is 5.60 Å². The number of ether oxygens (including phenoxy) is 1. The summed E-state index contributed by atoms with van der Waals surface area (Å²) in [6, 6.07) is 0.381. The SMILES string of the molecule is CN(C)C(C)(C)CNC1CN(C(=O)OC(C)(C)C)C1. The molecular formula is C14H29N3O2. The molecule has 1 aliphatic heterocycles. The van der Waals surface area contributed by atoms with Crippen molar-refractivity contribution in [2.75, 3.05) is 33.7 Å². The molecule has 0 aromatic heterocycles. The largest absolute Gasteiger partial charge is 0.444 e. The van der Waals surface area contributed by atoms with Crippen LogP contribution in [0.25, 0.3) is 0 Å². The predicted molar refractivity (Wildman–Crippen MR) is 77.4 cm³/mol. The van der Waals surface area contributed by atoms with Crippen LogP contribution in [0.15, 0.2) is 0 Å². The minimum atomic E-state index is -0.414. The number of hydrogen-bond donors (Lipinski definition) is 1. The molecule has 0 radical (unpaired) electrons. The molecule has 5 heteroatoms. The predicted octanol–water partition coefficient (Wildman–Crippen LogP) is 1.54. The molecule has 0 atom stereocenters. The van der Waals surface area contributed by atoms with Crippen molar-refractivity contribution in [3.8, 4) is 0 Å². The molecule has 5 nitrogen and oxygen atoms in total. The van der Waals surface area contributed by atoms with Crippen molar-refractivity contribution in [1.29, 1.82) is 0 Å². The normalized spacial score (nSPS) is 17.6. The van der Waals surface area contributed by atoms with Gasteiger partial charge < -0.3 is 19.9 Å². The van der Waals surface area contributed by atoms with Gasteiger partial charge in [0.15, 0.2) is 0 Å². The Morgan fingerprint density at radius 3 is 2.21 bits per heavy atom. The summed E-state index contributed by atoms with van der Waals surface area (Å²) in [6.45, 7) is 12.4. The molecule has 1 saturated heterocycles. The molecule has 19 heavy (non-hydrogen) atoms. The van der Waals surface area contributed by atoms with Crippen LogP contribution in [-0.2, 0) is 4.74 Å². The molecule has 1 fully saturated rings. The van der Waals surface area contributed by atoms with Gasteiger partial charge in [-0.1, -0.05) is 0 Å². The van der Waals surface area contributed by atoms with Gasteiger partial charge in [-0.15, -0.1) is 0 Å². The average molecular weight is 271 g/mol. The fourth-order valence-electron chi connectivity index (χ4n) is 1.64. The first kappa shape index (κ1) is 16.2. The van der Waals surface area contributed by atoms with Crippen molar-refractivity contribution in [1.82, 2.24) is 15.1 Å². The van der Waals surface area contributed by atoms with Gasteiger partial charge in [-0.3, -0.25) is 0 Å². The molecule has 0 aliphatic carbocycles. The Hall–Kier alpha value is -0.810. The standard InChI is InChI=1S/C14H29N3O2/c1-13(2,3)19-12(18)17-8-11(9-17)15-10-14(4,5)16(6)7/h11,15H,8-10H2,1-7H3. The van der Waals surface area contributed by atoms with Gasteiger partial charge in [-0.05, 0) is 48.7 Å². The molecule has 0 unspecified atom stereocenters. The molecule has 1 N–H and O–H groups in total. The highest BCUT2D eigenvalue weighted by Crippen LogP contribution is 2.16. The lowest BCUT2D eigenvalue weighted by Crippen LogP contribution is -2.63. The monoisotopic (exact) mass is 271 g/mol. The first-order valence-electron chi connectivity index (χ1n) is 6.90. The molecule has 0 aromatic rings. The number of hydrogen-bond acceptors (Lipinski definition) is 4.